The van der Waals surface area contributed by atoms with Crippen molar-refractivity contribution in [3.63, 3.8) is 0 Å². The molecule has 0 radical (unpaired) electrons. The molecule has 0 fully saturated rings. The Labute approximate surface area is 111 Å². The summed E-state index contributed by atoms with van der Waals surface area (Å²) in [4.78, 5) is 23.0. The second-order valence-corrected chi connectivity index (χ2v) is 5.29. The first kappa shape index (κ1) is 15.1. The minimum atomic E-state index is 0.176. The molecule has 0 aromatic carbocycles. The second kappa shape index (κ2) is 10.0. The number of hydrogen-bond acceptors (Lipinski definition) is 2. The van der Waals surface area contributed by atoms with E-state index in [2.05, 4.69) is 0 Å². The van der Waals surface area contributed by atoms with E-state index in [-0.39, 0.29) is 11.6 Å². The maximum absolute atomic E-state index is 11.5. The molecule has 0 amide bonds. The van der Waals surface area contributed by atoms with Crippen LogP contribution in [0.5, 0.6) is 0 Å². The van der Waals surface area contributed by atoms with Gasteiger partial charge < -0.3 is 0 Å². The molecule has 2 heteroatoms. The zero-order valence-electron chi connectivity index (χ0n) is 11.5. The normalized spacial score (nSPS) is 22.0. The van der Waals surface area contributed by atoms with Crippen LogP contribution in [0.1, 0.15) is 77.0 Å². The Morgan fingerprint density at radius 3 is 1.78 bits per heavy atom. The zero-order valence-corrected chi connectivity index (χ0v) is 11.5. The lowest BCUT2D eigenvalue weighted by Crippen LogP contribution is -1.97. The van der Waals surface area contributed by atoms with Crippen LogP contribution < -0.4 is 0 Å². The maximum Gasteiger partial charge on any atom is 0.155 e. The van der Waals surface area contributed by atoms with Gasteiger partial charge >= 0.3 is 0 Å². The third-order valence-corrected chi connectivity index (χ3v) is 3.53. The summed E-state index contributed by atoms with van der Waals surface area (Å²) in [5.74, 6) is 0.445. The van der Waals surface area contributed by atoms with Crippen LogP contribution in [-0.4, -0.2) is 11.6 Å². The lowest BCUT2D eigenvalue weighted by Gasteiger charge is -2.03. The van der Waals surface area contributed by atoms with Gasteiger partial charge in [-0.05, 0) is 18.9 Å². The van der Waals surface area contributed by atoms with Gasteiger partial charge in [0.1, 0.15) is 5.78 Å². The van der Waals surface area contributed by atoms with Crippen LogP contribution in [0.3, 0.4) is 0 Å². The molecule has 102 valence electrons. The average Bonchev–Trinajstić information content (AvgIpc) is 2.34. The van der Waals surface area contributed by atoms with Crippen molar-refractivity contribution < 1.29 is 9.59 Å². The van der Waals surface area contributed by atoms with E-state index in [1.807, 2.05) is 0 Å². The summed E-state index contributed by atoms with van der Waals surface area (Å²) >= 11 is 0. The molecule has 1 aliphatic rings. The Kier molecular flexibility index (Phi) is 8.45. The van der Waals surface area contributed by atoms with Crippen LogP contribution in [-0.2, 0) is 9.59 Å². The number of carbonyl (C=O) groups is 2. The highest BCUT2D eigenvalue weighted by Crippen LogP contribution is 2.12. The number of carbonyl (C=O) groups excluding carboxylic acids is 2. The van der Waals surface area contributed by atoms with Gasteiger partial charge in [0.05, 0.1) is 0 Å². The van der Waals surface area contributed by atoms with Crippen molar-refractivity contribution in [2.45, 2.75) is 77.0 Å². The number of allylic oxidation sites excluding steroid dienone is 2. The smallest absolute Gasteiger partial charge is 0.155 e. The summed E-state index contributed by atoms with van der Waals surface area (Å²) in [5.41, 5.74) is 0. The predicted molar refractivity (Wildman–Crippen MR) is 74.6 cm³/mol. The molecule has 0 aromatic rings. The molecule has 0 spiro atoms. The molecule has 18 heavy (non-hydrogen) atoms. The molecule has 0 saturated carbocycles. The van der Waals surface area contributed by atoms with Gasteiger partial charge in [-0.3, -0.25) is 9.59 Å². The molecule has 0 saturated heterocycles. The van der Waals surface area contributed by atoms with Crippen molar-refractivity contribution in [2.75, 3.05) is 0 Å². The fourth-order valence-corrected chi connectivity index (χ4v) is 2.37. The number of rotatable bonds is 0. The molecule has 0 aliphatic heterocycles. The highest BCUT2D eigenvalue weighted by Gasteiger charge is 2.02. The van der Waals surface area contributed by atoms with Crippen LogP contribution in [0.2, 0.25) is 0 Å². The average molecular weight is 250 g/mol. The van der Waals surface area contributed by atoms with Gasteiger partial charge in [-0.1, -0.05) is 51.0 Å². The topological polar surface area (TPSA) is 34.1 Å². The maximum atomic E-state index is 11.5. The van der Waals surface area contributed by atoms with Crippen molar-refractivity contribution in [3.05, 3.63) is 12.2 Å². The molecule has 0 atom stereocenters. The van der Waals surface area contributed by atoms with Crippen molar-refractivity contribution >= 4 is 11.6 Å². The summed E-state index contributed by atoms with van der Waals surface area (Å²) in [5, 5.41) is 0. The number of Topliss-reactive ketones (excluding diaryl/α,β-unsaturated/α-hetero) is 1. The third-order valence-electron chi connectivity index (χ3n) is 3.53. The standard InChI is InChI=1S/C16H26O2/c17-15-11-8-6-4-2-1-3-5-7-9-12-16(18)14-10-13-15/h10,13H,1-9,11-12,14H2. The van der Waals surface area contributed by atoms with Crippen molar-refractivity contribution in [3.8, 4) is 0 Å². The number of hydrogen-bond donors (Lipinski definition) is 0. The summed E-state index contributed by atoms with van der Waals surface area (Å²) in [7, 11) is 0. The van der Waals surface area contributed by atoms with E-state index in [9.17, 15) is 9.59 Å². The summed E-state index contributed by atoms with van der Waals surface area (Å²) in [6.45, 7) is 0. The minimum Gasteiger partial charge on any atom is -0.299 e. The number of ketones is 2. The van der Waals surface area contributed by atoms with Gasteiger partial charge in [-0.25, -0.2) is 0 Å². The van der Waals surface area contributed by atoms with Crippen LogP contribution in [0.15, 0.2) is 12.2 Å². The van der Waals surface area contributed by atoms with E-state index in [4.69, 9.17) is 0 Å². The van der Waals surface area contributed by atoms with E-state index in [0.29, 0.717) is 19.3 Å². The summed E-state index contributed by atoms with van der Waals surface area (Å²) < 4.78 is 0. The van der Waals surface area contributed by atoms with Gasteiger partial charge in [0, 0.05) is 19.3 Å². The molecule has 2 nitrogen and oxygen atoms in total. The van der Waals surface area contributed by atoms with E-state index in [1.54, 1.807) is 12.2 Å². The van der Waals surface area contributed by atoms with E-state index < -0.39 is 0 Å². The van der Waals surface area contributed by atoms with Crippen LogP contribution in [0, 0.1) is 0 Å². The highest BCUT2D eigenvalue weighted by molar-refractivity contribution is 5.90. The van der Waals surface area contributed by atoms with Gasteiger partial charge in [-0.15, -0.1) is 0 Å². The first-order chi connectivity index (χ1) is 8.79. The highest BCUT2D eigenvalue weighted by atomic mass is 16.1. The van der Waals surface area contributed by atoms with Crippen LogP contribution in [0.25, 0.3) is 0 Å². The lowest BCUT2D eigenvalue weighted by molar-refractivity contribution is -0.118. The Hall–Kier alpha value is -0.920. The molecule has 0 heterocycles. The second-order valence-electron chi connectivity index (χ2n) is 5.29. The SMILES string of the molecule is O=C1C=CCC(=O)CCCCCCCCCCC1. The monoisotopic (exact) mass is 250 g/mol. The van der Waals surface area contributed by atoms with Crippen molar-refractivity contribution in [1.82, 2.24) is 0 Å². The Bertz CT molecular complexity index is 279. The Balaban J connectivity index is 2.32. The predicted octanol–water partition coefficient (Wildman–Crippen LogP) is 4.38. The molecule has 1 rings (SSSR count). The molecule has 0 bridgehead atoms. The van der Waals surface area contributed by atoms with Crippen LogP contribution >= 0.6 is 0 Å². The molecule has 0 unspecified atom stereocenters. The first-order valence-corrected chi connectivity index (χ1v) is 7.50. The van der Waals surface area contributed by atoms with Gasteiger partial charge in [0.2, 0.25) is 0 Å². The van der Waals surface area contributed by atoms with E-state index >= 15 is 0 Å². The fourth-order valence-electron chi connectivity index (χ4n) is 2.37. The van der Waals surface area contributed by atoms with E-state index in [1.165, 1.54) is 44.9 Å². The lowest BCUT2D eigenvalue weighted by atomic mass is 10.0. The van der Waals surface area contributed by atoms with E-state index in [0.717, 1.165) is 12.8 Å². The van der Waals surface area contributed by atoms with Crippen molar-refractivity contribution in [1.29, 1.82) is 0 Å². The summed E-state index contributed by atoms with van der Waals surface area (Å²) in [6.07, 6.45) is 15.9. The van der Waals surface area contributed by atoms with Gasteiger partial charge in [0.15, 0.2) is 5.78 Å². The molecular formula is C16H26O2. The largest absolute Gasteiger partial charge is 0.299 e. The minimum absolute atomic E-state index is 0.176. The van der Waals surface area contributed by atoms with Gasteiger partial charge in [-0.2, -0.15) is 0 Å². The van der Waals surface area contributed by atoms with Crippen LogP contribution in [0.4, 0.5) is 0 Å². The zero-order chi connectivity index (χ0) is 13.1. The molecular weight excluding hydrogens is 224 g/mol. The Morgan fingerprint density at radius 2 is 1.17 bits per heavy atom. The molecule has 0 aromatic heterocycles. The molecule has 1 aliphatic carbocycles. The van der Waals surface area contributed by atoms with Crippen molar-refractivity contribution in [2.24, 2.45) is 0 Å². The molecule has 0 N–H and O–H groups in total. The fraction of sp³-hybridized carbons (Fsp3) is 0.750. The quantitative estimate of drug-likeness (QED) is 0.639. The third kappa shape index (κ3) is 8.21. The summed E-state index contributed by atoms with van der Waals surface area (Å²) in [6, 6.07) is 0. The van der Waals surface area contributed by atoms with Gasteiger partial charge in [0.25, 0.3) is 0 Å². The Morgan fingerprint density at radius 1 is 0.667 bits per heavy atom. The first-order valence-electron chi connectivity index (χ1n) is 7.50.